The fourth-order valence-corrected chi connectivity index (χ4v) is 3.96. The van der Waals surface area contributed by atoms with Crippen LogP contribution in [0.25, 0.3) is 0 Å². The van der Waals surface area contributed by atoms with Gasteiger partial charge in [0.1, 0.15) is 23.9 Å². The predicted molar refractivity (Wildman–Crippen MR) is 140 cm³/mol. The number of nitrogens with one attached hydrogen (secondary N) is 4. The van der Waals surface area contributed by atoms with Crippen LogP contribution in [0, 0.1) is 0 Å². The van der Waals surface area contributed by atoms with E-state index < -0.39 is 54.0 Å². The van der Waals surface area contributed by atoms with Crippen molar-refractivity contribution in [3.05, 3.63) is 48.0 Å². The number of aliphatic hydroxyl groups is 1. The number of carboxylic acid groups (broad SMARTS) is 1. The van der Waals surface area contributed by atoms with Crippen molar-refractivity contribution in [3.8, 4) is 5.75 Å². The Kier molecular flexibility index (Phi) is 12.0. The molecule has 2 aromatic rings. The maximum absolute atomic E-state index is 13.2. The van der Waals surface area contributed by atoms with E-state index in [-0.39, 0.29) is 18.6 Å². The average molecular weight is 551 g/mol. The van der Waals surface area contributed by atoms with Gasteiger partial charge in [0.25, 0.3) is 0 Å². The van der Waals surface area contributed by atoms with Crippen molar-refractivity contribution < 1.29 is 34.5 Å². The number of benzene rings is 1. The molecule has 1 heterocycles. The number of aromatic nitrogens is 2. The molecule has 0 aliphatic rings. The Morgan fingerprint density at radius 2 is 1.68 bits per heavy atom. The minimum atomic E-state index is -1.41. The van der Waals surface area contributed by atoms with Crippen LogP contribution >= 0.6 is 11.8 Å². The lowest BCUT2D eigenvalue weighted by molar-refractivity contribution is -0.142. The van der Waals surface area contributed by atoms with Gasteiger partial charge in [0, 0.05) is 24.7 Å². The Hall–Kier alpha value is -3.62. The first-order chi connectivity index (χ1) is 18.0. The molecular weight excluding hydrogens is 516 g/mol. The van der Waals surface area contributed by atoms with Crippen LogP contribution in [0.3, 0.4) is 0 Å². The van der Waals surface area contributed by atoms with Crippen LogP contribution in [0.2, 0.25) is 0 Å². The maximum Gasteiger partial charge on any atom is 0.326 e. The molecule has 0 radical (unpaired) electrons. The number of phenolic OH excluding ortho intramolecular Hbond substituents is 1. The van der Waals surface area contributed by atoms with Gasteiger partial charge >= 0.3 is 5.97 Å². The molecule has 5 atom stereocenters. The van der Waals surface area contributed by atoms with E-state index in [4.69, 9.17) is 5.73 Å². The van der Waals surface area contributed by atoms with E-state index >= 15 is 0 Å². The Bertz CT molecular complexity index is 1060. The van der Waals surface area contributed by atoms with Gasteiger partial charge in [0.05, 0.1) is 18.5 Å². The molecule has 0 aliphatic heterocycles. The highest BCUT2D eigenvalue weighted by Gasteiger charge is 2.32. The summed E-state index contributed by atoms with van der Waals surface area (Å²) in [6.07, 6.45) is 3.58. The number of aliphatic hydroxyl groups excluding tert-OH is 1. The molecule has 13 nitrogen and oxygen atoms in total. The van der Waals surface area contributed by atoms with Gasteiger partial charge in [0.2, 0.25) is 17.7 Å². The predicted octanol–water partition coefficient (Wildman–Crippen LogP) is -1.10. The van der Waals surface area contributed by atoms with Crippen LogP contribution in [0.4, 0.5) is 0 Å². The first-order valence-corrected chi connectivity index (χ1v) is 13.2. The minimum absolute atomic E-state index is 0.0111. The molecule has 0 saturated carbocycles. The van der Waals surface area contributed by atoms with Crippen molar-refractivity contribution in [3.63, 3.8) is 0 Å². The van der Waals surface area contributed by atoms with E-state index in [1.807, 2.05) is 6.26 Å². The van der Waals surface area contributed by atoms with Gasteiger partial charge in [-0.3, -0.25) is 14.4 Å². The average Bonchev–Trinajstić information content (AvgIpc) is 3.38. The van der Waals surface area contributed by atoms with Gasteiger partial charge in [-0.05, 0) is 43.0 Å². The first kappa shape index (κ1) is 30.6. The molecule has 14 heteroatoms. The second-order valence-corrected chi connectivity index (χ2v) is 9.71. The minimum Gasteiger partial charge on any atom is -0.508 e. The summed E-state index contributed by atoms with van der Waals surface area (Å²) >= 11 is 1.51. The summed E-state index contributed by atoms with van der Waals surface area (Å²) in [6.45, 7) is 1.31. The monoisotopic (exact) mass is 550 g/mol. The second-order valence-electron chi connectivity index (χ2n) is 8.73. The Labute approximate surface area is 224 Å². The van der Waals surface area contributed by atoms with Crippen LogP contribution in [0.15, 0.2) is 36.8 Å². The molecule has 2 rings (SSSR count). The molecule has 3 amide bonds. The number of thioether (sulfide) groups is 1. The highest BCUT2D eigenvalue weighted by Crippen LogP contribution is 2.12. The van der Waals surface area contributed by atoms with Crippen LogP contribution in [-0.2, 0) is 32.0 Å². The Morgan fingerprint density at radius 3 is 2.24 bits per heavy atom. The number of aliphatic carboxylic acids is 1. The smallest absolute Gasteiger partial charge is 0.326 e. The van der Waals surface area contributed by atoms with E-state index in [0.29, 0.717) is 23.4 Å². The summed E-state index contributed by atoms with van der Waals surface area (Å²) in [5.41, 5.74) is 6.90. The van der Waals surface area contributed by atoms with Gasteiger partial charge in [-0.15, -0.1) is 0 Å². The van der Waals surface area contributed by atoms with Gasteiger partial charge < -0.3 is 42.0 Å². The summed E-state index contributed by atoms with van der Waals surface area (Å²) in [7, 11) is 0. The van der Waals surface area contributed by atoms with Crippen LogP contribution in [-0.4, -0.2) is 91.3 Å². The second kappa shape index (κ2) is 15.0. The number of nitrogens with zero attached hydrogens (tertiary/aromatic N) is 1. The topological polar surface area (TPSA) is 220 Å². The number of imidazole rings is 1. The number of hydrogen-bond acceptors (Lipinski definition) is 9. The lowest BCUT2D eigenvalue weighted by atomic mass is 10.0. The van der Waals surface area contributed by atoms with E-state index in [9.17, 15) is 34.5 Å². The fraction of sp³-hybridized carbons (Fsp3) is 0.458. The van der Waals surface area contributed by atoms with Crippen molar-refractivity contribution in [2.24, 2.45) is 5.73 Å². The third-order valence-electron chi connectivity index (χ3n) is 5.64. The molecule has 38 heavy (non-hydrogen) atoms. The summed E-state index contributed by atoms with van der Waals surface area (Å²) in [4.78, 5) is 57.3. The largest absolute Gasteiger partial charge is 0.508 e. The van der Waals surface area contributed by atoms with Gasteiger partial charge in [-0.2, -0.15) is 11.8 Å². The zero-order valence-corrected chi connectivity index (χ0v) is 21.9. The molecule has 208 valence electrons. The first-order valence-electron chi connectivity index (χ1n) is 11.8. The molecule has 0 saturated heterocycles. The summed E-state index contributed by atoms with van der Waals surface area (Å²) in [5.74, 6) is -2.94. The number of aromatic hydroxyl groups is 1. The van der Waals surface area contributed by atoms with Crippen molar-refractivity contribution >= 4 is 35.5 Å². The van der Waals surface area contributed by atoms with E-state index in [2.05, 4.69) is 25.9 Å². The standard InChI is InChI=1S/C24H34N6O7S/c1-13(31)20(30-21(33)17(25)7-8-38-2)23(35)28-18(10-15-11-26-12-27-15)22(34)29-19(24(36)37)9-14-3-5-16(32)6-4-14/h3-6,11-13,17-20,31-32H,7-10,25H2,1-2H3,(H,26,27)(H,28,35)(H,29,34)(H,30,33)(H,36,37). The number of H-pyrrole nitrogens is 1. The summed E-state index contributed by atoms with van der Waals surface area (Å²) < 4.78 is 0. The zero-order valence-electron chi connectivity index (χ0n) is 21.1. The van der Waals surface area contributed by atoms with Crippen molar-refractivity contribution in [1.82, 2.24) is 25.9 Å². The van der Waals surface area contributed by atoms with Crippen molar-refractivity contribution in [2.45, 2.75) is 56.5 Å². The molecule has 1 aromatic heterocycles. The number of carboxylic acids is 1. The fourth-order valence-electron chi connectivity index (χ4n) is 3.47. The molecule has 9 N–H and O–H groups in total. The molecule has 0 bridgehead atoms. The molecule has 1 aromatic carbocycles. The van der Waals surface area contributed by atoms with Crippen LogP contribution in [0.5, 0.6) is 5.75 Å². The van der Waals surface area contributed by atoms with Crippen LogP contribution in [0.1, 0.15) is 24.6 Å². The maximum atomic E-state index is 13.2. The normalized spacial score (nSPS) is 14.9. The molecular formula is C24H34N6O7S. The molecule has 0 fully saturated rings. The number of aromatic amines is 1. The van der Waals surface area contributed by atoms with Gasteiger partial charge in [0.15, 0.2) is 0 Å². The van der Waals surface area contributed by atoms with Crippen LogP contribution < -0.4 is 21.7 Å². The summed E-state index contributed by atoms with van der Waals surface area (Å²) in [5, 5.41) is 36.6. The van der Waals surface area contributed by atoms with Gasteiger partial charge in [-0.1, -0.05) is 12.1 Å². The number of hydrogen-bond donors (Lipinski definition) is 8. The molecule has 5 unspecified atom stereocenters. The SMILES string of the molecule is CSCCC(N)C(=O)NC(C(=O)NC(Cc1cnc[nH]1)C(=O)NC(Cc1ccc(O)cc1)C(=O)O)C(C)O. The quantitative estimate of drug-likeness (QED) is 0.134. The number of phenols is 1. The van der Waals surface area contributed by atoms with Gasteiger partial charge in [-0.25, -0.2) is 9.78 Å². The number of nitrogens with two attached hydrogens (primary N) is 1. The number of carbonyl (C=O) groups excluding carboxylic acids is 3. The van der Waals surface area contributed by atoms with Crippen molar-refractivity contribution in [2.75, 3.05) is 12.0 Å². The van der Waals surface area contributed by atoms with E-state index in [0.717, 1.165) is 0 Å². The Balaban J connectivity index is 2.18. The number of amides is 3. The molecule has 0 aliphatic carbocycles. The Morgan fingerprint density at radius 1 is 1.03 bits per heavy atom. The van der Waals surface area contributed by atoms with E-state index in [1.54, 1.807) is 0 Å². The third kappa shape index (κ3) is 9.68. The van der Waals surface area contributed by atoms with E-state index in [1.165, 1.54) is 55.5 Å². The lowest BCUT2D eigenvalue weighted by Crippen LogP contribution is -2.60. The highest BCUT2D eigenvalue weighted by atomic mass is 32.2. The lowest BCUT2D eigenvalue weighted by Gasteiger charge is -2.26. The highest BCUT2D eigenvalue weighted by molar-refractivity contribution is 7.98. The number of rotatable bonds is 15. The third-order valence-corrected chi connectivity index (χ3v) is 6.28. The molecule has 0 spiro atoms. The number of carbonyl (C=O) groups is 4. The zero-order chi connectivity index (χ0) is 28.2. The summed E-state index contributed by atoms with van der Waals surface area (Å²) in [6, 6.07) is 0.943. The van der Waals surface area contributed by atoms with Crippen molar-refractivity contribution in [1.29, 1.82) is 0 Å².